The molecule has 0 unspecified atom stereocenters. The lowest BCUT2D eigenvalue weighted by molar-refractivity contribution is -0.137. The number of rotatable bonds is 3. The van der Waals surface area contributed by atoms with E-state index in [0.717, 1.165) is 10.9 Å². The average Bonchev–Trinajstić information content (AvgIpc) is 2.72. The fraction of sp³-hybridized carbons (Fsp3) is 0.182. The Morgan fingerprint density at radius 1 is 1.26 bits per heavy atom. The zero-order chi connectivity index (χ0) is 14.0. The van der Waals surface area contributed by atoms with Crippen molar-refractivity contribution in [1.29, 1.82) is 0 Å². The van der Waals surface area contributed by atoms with Crippen LogP contribution in [0.1, 0.15) is 10.4 Å². The number of aromatic nitrogens is 1. The van der Waals surface area contributed by atoms with Gasteiger partial charge in [0.25, 0.3) is 0 Å². The third-order valence-electron chi connectivity index (χ3n) is 2.28. The third-order valence-corrected chi connectivity index (χ3v) is 3.80. The molecule has 2 rings (SSSR count). The molecule has 0 bridgehead atoms. The second kappa shape index (κ2) is 5.56. The highest BCUT2D eigenvalue weighted by molar-refractivity contribution is 7.15. The van der Waals surface area contributed by atoms with Crippen molar-refractivity contribution < 1.29 is 13.2 Å². The van der Waals surface area contributed by atoms with Gasteiger partial charge in [-0.2, -0.15) is 13.2 Å². The normalized spacial score (nSPS) is 11.6. The Labute approximate surface area is 121 Å². The first-order valence-corrected chi connectivity index (χ1v) is 6.65. The number of hydrogen-bond donors (Lipinski definition) is 1. The summed E-state index contributed by atoms with van der Waals surface area (Å²) in [5.41, 5.74) is -0.637. The molecule has 1 aromatic heterocycles. The van der Waals surface area contributed by atoms with Crippen molar-refractivity contribution in [3.63, 3.8) is 0 Å². The number of alkyl halides is 3. The molecule has 0 spiro atoms. The molecule has 0 atom stereocenters. The number of nitrogens with zero attached hydrogens (tertiary/aromatic N) is 1. The van der Waals surface area contributed by atoms with E-state index in [1.807, 2.05) is 0 Å². The quantitative estimate of drug-likeness (QED) is 0.850. The van der Waals surface area contributed by atoms with Crippen LogP contribution in [0.4, 0.5) is 18.9 Å². The van der Waals surface area contributed by atoms with Gasteiger partial charge in [-0.05, 0) is 12.1 Å². The summed E-state index contributed by atoms with van der Waals surface area (Å²) in [6.45, 7) is 0.311. The summed E-state index contributed by atoms with van der Waals surface area (Å²) in [5.74, 6) is 0. The van der Waals surface area contributed by atoms with Gasteiger partial charge in [0, 0.05) is 11.1 Å². The lowest BCUT2D eigenvalue weighted by atomic mass is 10.2. The van der Waals surface area contributed by atoms with Crippen LogP contribution in [-0.2, 0) is 12.7 Å². The molecule has 102 valence electrons. The summed E-state index contributed by atoms with van der Waals surface area (Å²) in [5, 5.41) is 2.49. The van der Waals surface area contributed by atoms with E-state index in [1.165, 1.54) is 23.5 Å². The maximum atomic E-state index is 12.7. The number of benzene rings is 1. The molecule has 1 N–H and O–H groups in total. The standard InChI is InChI=1S/C11H7Cl2F3N2S/c12-9-7(11(14,15)16)2-1-3-8(9)17-4-6-5-18-10(13)19-6/h1-3,5,17H,4H2. The second-order valence-electron chi connectivity index (χ2n) is 3.60. The lowest BCUT2D eigenvalue weighted by Crippen LogP contribution is -2.08. The minimum atomic E-state index is -4.47. The van der Waals surface area contributed by atoms with E-state index < -0.39 is 11.7 Å². The Kier molecular flexibility index (Phi) is 4.23. The van der Waals surface area contributed by atoms with Crippen molar-refractivity contribution >= 4 is 40.2 Å². The number of nitrogens with one attached hydrogen (secondary N) is 1. The van der Waals surface area contributed by atoms with Crippen molar-refractivity contribution in [2.75, 3.05) is 5.32 Å². The monoisotopic (exact) mass is 326 g/mol. The Morgan fingerprint density at radius 3 is 2.58 bits per heavy atom. The van der Waals surface area contributed by atoms with Gasteiger partial charge in [0.05, 0.1) is 22.8 Å². The largest absolute Gasteiger partial charge is 0.417 e. The van der Waals surface area contributed by atoms with Crippen LogP contribution in [0.15, 0.2) is 24.4 Å². The maximum Gasteiger partial charge on any atom is 0.417 e. The van der Waals surface area contributed by atoms with Gasteiger partial charge in [-0.15, -0.1) is 11.3 Å². The van der Waals surface area contributed by atoms with Crippen LogP contribution in [0.25, 0.3) is 0 Å². The fourth-order valence-electron chi connectivity index (χ4n) is 1.44. The molecule has 0 aliphatic rings. The topological polar surface area (TPSA) is 24.9 Å². The van der Waals surface area contributed by atoms with Gasteiger partial charge >= 0.3 is 6.18 Å². The molecule has 0 radical (unpaired) electrons. The van der Waals surface area contributed by atoms with Gasteiger partial charge < -0.3 is 5.32 Å². The summed E-state index contributed by atoms with van der Waals surface area (Å²) in [6.07, 6.45) is -2.91. The van der Waals surface area contributed by atoms with Gasteiger partial charge in [0.1, 0.15) is 0 Å². The van der Waals surface area contributed by atoms with Crippen LogP contribution in [0.5, 0.6) is 0 Å². The minimum absolute atomic E-state index is 0.223. The average molecular weight is 327 g/mol. The van der Waals surface area contributed by atoms with Crippen molar-refractivity contribution in [3.8, 4) is 0 Å². The molecule has 0 amide bonds. The van der Waals surface area contributed by atoms with E-state index in [4.69, 9.17) is 23.2 Å². The number of anilines is 1. The van der Waals surface area contributed by atoms with E-state index in [2.05, 4.69) is 10.3 Å². The second-order valence-corrected chi connectivity index (χ2v) is 5.67. The summed E-state index contributed by atoms with van der Waals surface area (Å²) < 4.78 is 38.4. The molecule has 0 aliphatic heterocycles. The molecule has 2 nitrogen and oxygen atoms in total. The third kappa shape index (κ3) is 3.52. The molecule has 2 aromatic rings. The summed E-state index contributed by atoms with van der Waals surface area (Å²) >= 11 is 12.7. The predicted molar refractivity (Wildman–Crippen MR) is 70.9 cm³/mol. The molecule has 0 fully saturated rings. The first kappa shape index (κ1) is 14.4. The molecule has 0 saturated carbocycles. The Hall–Kier alpha value is -0.980. The first-order chi connectivity index (χ1) is 8.88. The molecule has 19 heavy (non-hydrogen) atoms. The van der Waals surface area contributed by atoms with E-state index >= 15 is 0 Å². The molecule has 1 heterocycles. The minimum Gasteiger partial charge on any atom is -0.379 e. The van der Waals surface area contributed by atoms with Crippen molar-refractivity contribution in [2.45, 2.75) is 12.7 Å². The van der Waals surface area contributed by atoms with E-state index in [0.29, 0.717) is 11.0 Å². The van der Waals surface area contributed by atoms with E-state index in [-0.39, 0.29) is 10.7 Å². The van der Waals surface area contributed by atoms with Crippen LogP contribution in [0.2, 0.25) is 9.49 Å². The zero-order valence-electron chi connectivity index (χ0n) is 9.26. The van der Waals surface area contributed by atoms with Crippen LogP contribution < -0.4 is 5.32 Å². The first-order valence-electron chi connectivity index (χ1n) is 5.07. The number of thiazole rings is 1. The van der Waals surface area contributed by atoms with Gasteiger partial charge in [0.2, 0.25) is 0 Å². The van der Waals surface area contributed by atoms with Crippen molar-refractivity contribution in [2.24, 2.45) is 0 Å². The van der Waals surface area contributed by atoms with E-state index in [9.17, 15) is 13.2 Å². The smallest absolute Gasteiger partial charge is 0.379 e. The van der Waals surface area contributed by atoms with Crippen molar-refractivity contribution in [1.82, 2.24) is 4.98 Å². The number of hydrogen-bond acceptors (Lipinski definition) is 3. The van der Waals surface area contributed by atoms with Crippen LogP contribution in [-0.4, -0.2) is 4.98 Å². The van der Waals surface area contributed by atoms with Crippen molar-refractivity contribution in [3.05, 3.63) is 44.3 Å². The highest BCUT2D eigenvalue weighted by Crippen LogP contribution is 2.38. The Morgan fingerprint density at radius 2 is 2.00 bits per heavy atom. The summed E-state index contributed by atoms with van der Waals surface area (Å²) in [6, 6.07) is 3.73. The van der Waals surface area contributed by atoms with E-state index in [1.54, 1.807) is 6.20 Å². The molecule has 1 aromatic carbocycles. The van der Waals surface area contributed by atoms with Gasteiger partial charge in [-0.1, -0.05) is 29.3 Å². The lowest BCUT2D eigenvalue weighted by Gasteiger charge is -2.13. The van der Waals surface area contributed by atoms with Crippen LogP contribution in [0, 0.1) is 0 Å². The molecule has 0 saturated heterocycles. The van der Waals surface area contributed by atoms with Gasteiger partial charge in [-0.25, -0.2) is 4.98 Å². The molecule has 8 heteroatoms. The summed E-state index contributed by atoms with van der Waals surface area (Å²) in [7, 11) is 0. The highest BCUT2D eigenvalue weighted by atomic mass is 35.5. The SMILES string of the molecule is FC(F)(F)c1cccc(NCc2cnc(Cl)s2)c1Cl. The molecular weight excluding hydrogens is 320 g/mol. The van der Waals surface area contributed by atoms with Crippen LogP contribution >= 0.6 is 34.5 Å². The van der Waals surface area contributed by atoms with Crippen LogP contribution in [0.3, 0.4) is 0 Å². The summed E-state index contributed by atoms with van der Waals surface area (Å²) in [4.78, 5) is 4.64. The fourth-order valence-corrected chi connectivity index (χ4v) is 2.65. The molecular formula is C11H7Cl2F3N2S. The highest BCUT2D eigenvalue weighted by Gasteiger charge is 2.33. The number of halogens is 5. The molecule has 0 aliphatic carbocycles. The van der Waals surface area contributed by atoms with Gasteiger partial charge in [-0.3, -0.25) is 0 Å². The Bertz CT molecular complexity index is 584. The maximum absolute atomic E-state index is 12.7. The predicted octanol–water partition coefficient (Wildman–Crippen LogP) is 5.08. The zero-order valence-corrected chi connectivity index (χ0v) is 11.6. The Balaban J connectivity index is 2.17. The van der Waals surface area contributed by atoms with Gasteiger partial charge in [0.15, 0.2) is 4.47 Å².